The van der Waals surface area contributed by atoms with Gasteiger partial charge in [-0.05, 0) is 37.1 Å². The Hall–Kier alpha value is -2.43. The van der Waals surface area contributed by atoms with Crippen molar-refractivity contribution in [1.29, 1.82) is 0 Å². The number of hydrogen-bond acceptors (Lipinski definition) is 3. The van der Waals surface area contributed by atoms with E-state index in [1.54, 1.807) is 24.3 Å². The van der Waals surface area contributed by atoms with Gasteiger partial charge in [-0.1, -0.05) is 18.2 Å². The lowest BCUT2D eigenvalue weighted by Crippen LogP contribution is -2.05. The molecule has 104 valence electrons. The first kappa shape index (κ1) is 14.0. The van der Waals surface area contributed by atoms with Crippen LogP contribution in [-0.2, 0) is 6.54 Å². The van der Waals surface area contributed by atoms with E-state index in [9.17, 15) is 14.5 Å². The smallest absolute Gasteiger partial charge is 0.292 e. The second kappa shape index (κ2) is 5.69. The van der Waals surface area contributed by atoms with Crippen LogP contribution in [0.5, 0.6) is 0 Å². The number of nitrogens with zero attached hydrogens (tertiary/aromatic N) is 1. The summed E-state index contributed by atoms with van der Waals surface area (Å²) in [5, 5.41) is 14.0. The van der Waals surface area contributed by atoms with Crippen LogP contribution in [0.3, 0.4) is 0 Å². The molecule has 0 saturated carbocycles. The quantitative estimate of drug-likeness (QED) is 0.678. The first-order valence-electron chi connectivity index (χ1n) is 6.22. The summed E-state index contributed by atoms with van der Waals surface area (Å²) in [5.41, 5.74) is 2.69. The highest BCUT2D eigenvalue weighted by Crippen LogP contribution is 2.28. The van der Waals surface area contributed by atoms with Crippen molar-refractivity contribution >= 4 is 11.4 Å². The minimum Gasteiger partial charge on any atom is -0.375 e. The maximum Gasteiger partial charge on any atom is 0.292 e. The summed E-state index contributed by atoms with van der Waals surface area (Å²) in [6.07, 6.45) is 0. The van der Waals surface area contributed by atoms with Crippen LogP contribution in [0, 0.1) is 29.8 Å². The Morgan fingerprint density at radius 1 is 1.20 bits per heavy atom. The molecule has 2 aromatic rings. The Morgan fingerprint density at radius 2 is 1.85 bits per heavy atom. The van der Waals surface area contributed by atoms with E-state index < -0.39 is 4.92 Å². The van der Waals surface area contributed by atoms with E-state index in [0.717, 1.165) is 11.1 Å². The van der Waals surface area contributed by atoms with Gasteiger partial charge in [-0.15, -0.1) is 0 Å². The first-order chi connectivity index (χ1) is 9.49. The van der Waals surface area contributed by atoms with Crippen molar-refractivity contribution < 1.29 is 9.31 Å². The van der Waals surface area contributed by atoms with E-state index in [-0.39, 0.29) is 18.0 Å². The number of nitro benzene ring substituents is 1. The first-order valence-corrected chi connectivity index (χ1v) is 6.22. The van der Waals surface area contributed by atoms with Gasteiger partial charge < -0.3 is 5.32 Å². The van der Waals surface area contributed by atoms with Crippen molar-refractivity contribution in [2.45, 2.75) is 20.4 Å². The molecular formula is C15H15FN2O2. The van der Waals surface area contributed by atoms with Gasteiger partial charge in [-0.2, -0.15) is 0 Å². The summed E-state index contributed by atoms with van der Waals surface area (Å²) in [7, 11) is 0. The summed E-state index contributed by atoms with van der Waals surface area (Å²) in [6.45, 7) is 3.91. The lowest BCUT2D eigenvalue weighted by atomic mass is 10.1. The third-order valence-electron chi connectivity index (χ3n) is 3.24. The predicted molar refractivity (Wildman–Crippen MR) is 76.3 cm³/mol. The zero-order chi connectivity index (χ0) is 14.7. The molecule has 0 heterocycles. The standard InChI is InChI=1S/C15H15FN2O2/c1-10-7-14(15(18(19)20)8-11(10)2)17-9-12-5-3-4-6-13(12)16/h3-8,17H,9H2,1-2H3. The van der Waals surface area contributed by atoms with E-state index in [1.165, 1.54) is 12.1 Å². The number of nitro groups is 1. The largest absolute Gasteiger partial charge is 0.375 e. The molecule has 0 aliphatic heterocycles. The predicted octanol–water partition coefficient (Wildman–Crippen LogP) is 3.96. The lowest BCUT2D eigenvalue weighted by molar-refractivity contribution is -0.384. The molecular weight excluding hydrogens is 259 g/mol. The van der Waals surface area contributed by atoms with E-state index in [0.29, 0.717) is 11.3 Å². The summed E-state index contributed by atoms with van der Waals surface area (Å²) in [4.78, 5) is 10.6. The molecule has 0 amide bonds. The van der Waals surface area contributed by atoms with Crippen LogP contribution in [0.15, 0.2) is 36.4 Å². The summed E-state index contributed by atoms with van der Waals surface area (Å²) < 4.78 is 13.5. The molecule has 0 saturated heterocycles. The third kappa shape index (κ3) is 2.93. The average molecular weight is 274 g/mol. The Labute approximate surface area is 116 Å². The molecule has 0 aliphatic rings. The monoisotopic (exact) mass is 274 g/mol. The zero-order valence-electron chi connectivity index (χ0n) is 11.3. The Bertz CT molecular complexity index is 656. The van der Waals surface area contributed by atoms with Crippen LogP contribution < -0.4 is 5.32 Å². The van der Waals surface area contributed by atoms with Crippen LogP contribution in [0.2, 0.25) is 0 Å². The molecule has 0 radical (unpaired) electrons. The van der Waals surface area contributed by atoms with Crippen molar-refractivity contribution in [1.82, 2.24) is 0 Å². The Morgan fingerprint density at radius 3 is 2.50 bits per heavy atom. The molecule has 0 fully saturated rings. The molecule has 2 rings (SSSR count). The minimum absolute atomic E-state index is 0.00411. The maximum absolute atomic E-state index is 13.5. The van der Waals surface area contributed by atoms with Crippen LogP contribution in [-0.4, -0.2) is 4.92 Å². The fourth-order valence-electron chi connectivity index (χ4n) is 1.93. The van der Waals surface area contributed by atoms with Crippen molar-refractivity contribution in [3.8, 4) is 0 Å². The molecule has 20 heavy (non-hydrogen) atoms. The van der Waals surface area contributed by atoms with Crippen LogP contribution in [0.25, 0.3) is 0 Å². The van der Waals surface area contributed by atoms with Crippen molar-refractivity contribution in [2.75, 3.05) is 5.32 Å². The van der Waals surface area contributed by atoms with Gasteiger partial charge in [-0.25, -0.2) is 4.39 Å². The van der Waals surface area contributed by atoms with Crippen LogP contribution in [0.4, 0.5) is 15.8 Å². The fourth-order valence-corrected chi connectivity index (χ4v) is 1.93. The third-order valence-corrected chi connectivity index (χ3v) is 3.24. The van der Waals surface area contributed by atoms with Crippen molar-refractivity contribution in [3.05, 3.63) is 69.0 Å². The van der Waals surface area contributed by atoms with E-state index in [2.05, 4.69) is 5.32 Å². The fraction of sp³-hybridized carbons (Fsp3) is 0.200. The SMILES string of the molecule is Cc1cc(NCc2ccccc2F)c([N+](=O)[O-])cc1C. The summed E-state index contributed by atoms with van der Waals surface area (Å²) >= 11 is 0. The summed E-state index contributed by atoms with van der Waals surface area (Å²) in [5.74, 6) is -0.327. The molecule has 0 bridgehead atoms. The molecule has 0 atom stereocenters. The van der Waals surface area contributed by atoms with Gasteiger partial charge in [0, 0.05) is 18.2 Å². The lowest BCUT2D eigenvalue weighted by Gasteiger charge is -2.10. The van der Waals surface area contributed by atoms with Gasteiger partial charge in [0.05, 0.1) is 4.92 Å². The second-order valence-electron chi connectivity index (χ2n) is 4.66. The van der Waals surface area contributed by atoms with Crippen molar-refractivity contribution in [3.63, 3.8) is 0 Å². The van der Waals surface area contributed by atoms with Gasteiger partial charge in [0.25, 0.3) is 5.69 Å². The minimum atomic E-state index is -0.434. The van der Waals surface area contributed by atoms with Crippen LogP contribution in [0.1, 0.15) is 16.7 Å². The highest BCUT2D eigenvalue weighted by molar-refractivity contribution is 5.64. The van der Waals surface area contributed by atoms with E-state index in [1.807, 2.05) is 13.8 Å². The second-order valence-corrected chi connectivity index (χ2v) is 4.66. The highest BCUT2D eigenvalue weighted by atomic mass is 19.1. The van der Waals surface area contributed by atoms with Gasteiger partial charge in [0.1, 0.15) is 11.5 Å². The summed E-state index contributed by atoms with van der Waals surface area (Å²) in [6, 6.07) is 9.60. The number of halogens is 1. The molecule has 0 aromatic heterocycles. The van der Waals surface area contributed by atoms with Gasteiger partial charge in [0.15, 0.2) is 0 Å². The number of benzene rings is 2. The molecule has 5 heteroatoms. The number of aryl methyl sites for hydroxylation is 2. The van der Waals surface area contributed by atoms with E-state index >= 15 is 0 Å². The van der Waals surface area contributed by atoms with Crippen molar-refractivity contribution in [2.24, 2.45) is 0 Å². The average Bonchev–Trinajstić information content (AvgIpc) is 2.41. The van der Waals surface area contributed by atoms with Gasteiger partial charge in [0.2, 0.25) is 0 Å². The number of anilines is 1. The molecule has 1 N–H and O–H groups in total. The molecule has 2 aromatic carbocycles. The van der Waals surface area contributed by atoms with Gasteiger partial charge >= 0.3 is 0 Å². The molecule has 0 aliphatic carbocycles. The highest BCUT2D eigenvalue weighted by Gasteiger charge is 2.15. The normalized spacial score (nSPS) is 10.3. The number of nitrogens with one attached hydrogen (secondary N) is 1. The maximum atomic E-state index is 13.5. The van der Waals surface area contributed by atoms with E-state index in [4.69, 9.17) is 0 Å². The topological polar surface area (TPSA) is 55.2 Å². The Balaban J connectivity index is 2.27. The number of rotatable bonds is 4. The van der Waals surface area contributed by atoms with Crippen LogP contribution >= 0.6 is 0 Å². The number of hydrogen-bond donors (Lipinski definition) is 1. The molecule has 0 unspecified atom stereocenters. The molecule has 0 spiro atoms. The Kier molecular flexibility index (Phi) is 3.98. The molecule has 4 nitrogen and oxygen atoms in total. The zero-order valence-corrected chi connectivity index (χ0v) is 11.3. The van der Waals surface area contributed by atoms with Gasteiger partial charge in [-0.3, -0.25) is 10.1 Å².